The third-order valence-electron chi connectivity index (χ3n) is 4.09. The van der Waals surface area contributed by atoms with Crippen LogP contribution in [0, 0.1) is 10.8 Å². The highest BCUT2D eigenvalue weighted by molar-refractivity contribution is 7.99. The van der Waals surface area contributed by atoms with Crippen molar-refractivity contribution in [3.63, 3.8) is 0 Å². The Balaban J connectivity index is 2.23. The molecular weight excluding hydrogens is 396 g/mol. The summed E-state index contributed by atoms with van der Waals surface area (Å²) in [5.74, 6) is 1.08. The number of nitrogens with one attached hydrogen (secondary N) is 3. The van der Waals surface area contributed by atoms with Crippen molar-refractivity contribution in [2.45, 2.75) is 36.5 Å². The Hall–Kier alpha value is -2.38. The van der Waals surface area contributed by atoms with Gasteiger partial charge in [0, 0.05) is 10.6 Å². The van der Waals surface area contributed by atoms with Crippen molar-refractivity contribution in [2.75, 3.05) is 18.9 Å². The Morgan fingerprint density at radius 1 is 1.00 bits per heavy atom. The van der Waals surface area contributed by atoms with Gasteiger partial charge in [-0.25, -0.2) is 0 Å². The van der Waals surface area contributed by atoms with Crippen molar-refractivity contribution in [1.29, 1.82) is 10.8 Å². The van der Waals surface area contributed by atoms with Crippen LogP contribution in [-0.4, -0.2) is 24.9 Å². The van der Waals surface area contributed by atoms with Gasteiger partial charge < -0.3 is 20.5 Å². The molecule has 0 bridgehead atoms. The molecule has 0 amide bonds. The molecule has 2 aromatic carbocycles. The molecule has 0 unspecified atom stereocenters. The van der Waals surface area contributed by atoms with E-state index in [4.69, 9.17) is 37.6 Å². The van der Waals surface area contributed by atoms with Gasteiger partial charge in [-0.3, -0.25) is 10.8 Å². The molecule has 1 aliphatic heterocycles. The SMILES string of the molecule is CCCOc1c(Cl)c(Sc2ccccc2N)c(OCCC)c2c1C(=N)NC2=N. The summed E-state index contributed by atoms with van der Waals surface area (Å²) >= 11 is 8.14. The topological polar surface area (TPSA) is 104 Å². The van der Waals surface area contributed by atoms with Gasteiger partial charge >= 0.3 is 0 Å². The highest BCUT2D eigenvalue weighted by Crippen LogP contribution is 2.51. The lowest BCUT2D eigenvalue weighted by Crippen LogP contribution is -2.20. The van der Waals surface area contributed by atoms with Gasteiger partial charge in [-0.1, -0.05) is 49.3 Å². The molecule has 28 heavy (non-hydrogen) atoms. The Morgan fingerprint density at radius 3 is 2.18 bits per heavy atom. The van der Waals surface area contributed by atoms with Crippen LogP contribution in [0.5, 0.6) is 11.5 Å². The van der Waals surface area contributed by atoms with Gasteiger partial charge in [-0.2, -0.15) is 0 Å². The number of amidine groups is 2. The number of nitrogen functional groups attached to an aromatic ring is 1. The quantitative estimate of drug-likeness (QED) is 0.456. The Morgan fingerprint density at radius 2 is 1.57 bits per heavy atom. The predicted octanol–water partition coefficient (Wildman–Crippen LogP) is 4.90. The average molecular weight is 419 g/mol. The lowest BCUT2D eigenvalue weighted by molar-refractivity contribution is 0.301. The lowest BCUT2D eigenvalue weighted by atomic mass is 10.1. The Kier molecular flexibility index (Phi) is 6.36. The number of nitrogens with two attached hydrogens (primary N) is 1. The zero-order valence-corrected chi connectivity index (χ0v) is 17.4. The van der Waals surface area contributed by atoms with Crippen molar-refractivity contribution >= 4 is 40.7 Å². The van der Waals surface area contributed by atoms with Crippen LogP contribution in [0.15, 0.2) is 34.1 Å². The van der Waals surface area contributed by atoms with Crippen LogP contribution in [0.4, 0.5) is 5.69 Å². The van der Waals surface area contributed by atoms with E-state index in [-0.39, 0.29) is 11.7 Å². The smallest absolute Gasteiger partial charge is 0.150 e. The summed E-state index contributed by atoms with van der Waals surface area (Å²) in [6, 6.07) is 7.50. The summed E-state index contributed by atoms with van der Waals surface area (Å²) in [6.07, 6.45) is 1.60. The number of hydrogen-bond acceptors (Lipinski definition) is 6. The molecule has 0 radical (unpaired) electrons. The molecule has 2 aromatic rings. The third kappa shape index (κ3) is 3.77. The maximum atomic E-state index is 8.34. The first-order valence-corrected chi connectivity index (χ1v) is 10.3. The van der Waals surface area contributed by atoms with Gasteiger partial charge in [-0.05, 0) is 25.0 Å². The standard InChI is InChI=1S/C20H23ClN4O2S/c1-3-9-26-16-13-14(20(24)25-19(13)23)17(27-10-4-2)18(15(16)21)28-12-8-6-5-7-11(12)22/h5-8H,3-4,9-10,22H2,1-2H3,(H3,23,24,25). The minimum absolute atomic E-state index is 0.0881. The molecule has 0 saturated heterocycles. The number of halogens is 1. The van der Waals surface area contributed by atoms with Gasteiger partial charge in [0.05, 0.1) is 29.2 Å². The molecule has 1 aliphatic rings. The first-order chi connectivity index (χ1) is 13.5. The Bertz CT molecular complexity index is 933. The third-order valence-corrected chi connectivity index (χ3v) is 5.75. The highest BCUT2D eigenvalue weighted by atomic mass is 35.5. The number of fused-ring (bicyclic) bond motifs is 1. The molecule has 0 aliphatic carbocycles. The summed E-state index contributed by atoms with van der Waals surface area (Å²) in [6.45, 7) is 4.93. The number of hydrogen-bond donors (Lipinski definition) is 4. The highest BCUT2D eigenvalue weighted by Gasteiger charge is 2.35. The average Bonchev–Trinajstić information content (AvgIpc) is 2.97. The minimum atomic E-state index is 0.0881. The molecule has 0 aromatic heterocycles. The number of para-hydroxylation sites is 1. The van der Waals surface area contributed by atoms with Gasteiger partial charge in [0.2, 0.25) is 0 Å². The summed E-state index contributed by atoms with van der Waals surface area (Å²) in [4.78, 5) is 1.47. The monoisotopic (exact) mass is 418 g/mol. The second-order valence-corrected chi connectivity index (χ2v) is 7.69. The van der Waals surface area contributed by atoms with E-state index in [0.717, 1.165) is 17.7 Å². The Labute approximate surface area is 173 Å². The second kappa shape index (κ2) is 8.75. The van der Waals surface area contributed by atoms with E-state index in [0.29, 0.717) is 51.4 Å². The first-order valence-electron chi connectivity index (χ1n) is 9.11. The molecule has 3 rings (SSSR count). The molecule has 1 heterocycles. The second-order valence-electron chi connectivity index (χ2n) is 6.26. The van der Waals surface area contributed by atoms with Gasteiger partial charge in [0.1, 0.15) is 22.4 Å². The molecule has 8 heteroatoms. The zero-order chi connectivity index (χ0) is 20.3. The van der Waals surface area contributed by atoms with Crippen molar-refractivity contribution in [2.24, 2.45) is 0 Å². The predicted molar refractivity (Wildman–Crippen MR) is 115 cm³/mol. The molecule has 6 nitrogen and oxygen atoms in total. The molecular formula is C20H23ClN4O2S. The van der Waals surface area contributed by atoms with E-state index in [9.17, 15) is 0 Å². The largest absolute Gasteiger partial charge is 0.492 e. The summed E-state index contributed by atoms with van der Waals surface area (Å²) < 4.78 is 11.9. The maximum absolute atomic E-state index is 8.34. The summed E-state index contributed by atoms with van der Waals surface area (Å²) in [5.41, 5.74) is 7.73. The fraction of sp³-hybridized carbons (Fsp3) is 0.300. The molecule has 0 atom stereocenters. The van der Waals surface area contributed by atoms with E-state index >= 15 is 0 Å². The first kappa shape index (κ1) is 20.4. The molecule has 148 valence electrons. The van der Waals surface area contributed by atoms with E-state index in [1.165, 1.54) is 11.8 Å². The van der Waals surface area contributed by atoms with Crippen molar-refractivity contribution in [1.82, 2.24) is 5.32 Å². The van der Waals surface area contributed by atoms with Crippen LogP contribution in [0.25, 0.3) is 0 Å². The van der Waals surface area contributed by atoms with E-state index in [2.05, 4.69) is 5.32 Å². The normalized spacial score (nSPS) is 12.7. The van der Waals surface area contributed by atoms with Crippen LogP contribution in [0.3, 0.4) is 0 Å². The van der Waals surface area contributed by atoms with Gasteiger partial charge in [0.25, 0.3) is 0 Å². The van der Waals surface area contributed by atoms with Gasteiger partial charge in [0.15, 0.2) is 5.75 Å². The van der Waals surface area contributed by atoms with Crippen molar-refractivity contribution in [3.05, 3.63) is 40.4 Å². The maximum Gasteiger partial charge on any atom is 0.150 e. The molecule has 0 fully saturated rings. The van der Waals surface area contributed by atoms with Crippen LogP contribution >= 0.6 is 23.4 Å². The molecule has 0 spiro atoms. The van der Waals surface area contributed by atoms with E-state index in [1.54, 1.807) is 0 Å². The van der Waals surface area contributed by atoms with Crippen LogP contribution in [0.1, 0.15) is 37.8 Å². The summed E-state index contributed by atoms with van der Waals surface area (Å²) in [7, 11) is 0. The molecule has 0 saturated carbocycles. The fourth-order valence-electron chi connectivity index (χ4n) is 2.84. The fourth-order valence-corrected chi connectivity index (χ4v) is 4.18. The van der Waals surface area contributed by atoms with Crippen molar-refractivity contribution < 1.29 is 9.47 Å². The van der Waals surface area contributed by atoms with Crippen molar-refractivity contribution in [3.8, 4) is 11.5 Å². The van der Waals surface area contributed by atoms with E-state index in [1.807, 2.05) is 38.1 Å². The lowest BCUT2D eigenvalue weighted by Gasteiger charge is -2.20. The number of ether oxygens (including phenoxy) is 2. The van der Waals surface area contributed by atoms with Crippen LogP contribution in [0.2, 0.25) is 5.02 Å². The van der Waals surface area contributed by atoms with E-state index < -0.39 is 0 Å². The number of rotatable bonds is 8. The minimum Gasteiger partial charge on any atom is -0.492 e. The number of benzene rings is 2. The number of anilines is 1. The molecule has 5 N–H and O–H groups in total. The van der Waals surface area contributed by atoms with Crippen LogP contribution < -0.4 is 20.5 Å². The zero-order valence-electron chi connectivity index (χ0n) is 15.8. The summed E-state index contributed by atoms with van der Waals surface area (Å²) in [5, 5.41) is 19.7. The van der Waals surface area contributed by atoms with Gasteiger partial charge in [-0.15, -0.1) is 0 Å². The van der Waals surface area contributed by atoms with Crippen LogP contribution in [-0.2, 0) is 0 Å².